The molecular weight excluding hydrogens is 328 g/mol. The Morgan fingerprint density at radius 1 is 1.26 bits per heavy atom. The first kappa shape index (κ1) is 15.2. The summed E-state index contributed by atoms with van der Waals surface area (Å²) in [4.78, 5) is 16.3. The van der Waals surface area contributed by atoms with E-state index in [-0.39, 0.29) is 5.91 Å². The van der Waals surface area contributed by atoms with Crippen molar-refractivity contribution in [2.75, 3.05) is 18.4 Å². The predicted molar refractivity (Wildman–Crippen MR) is 95.1 cm³/mol. The number of carbonyl (C=O) groups is 1. The van der Waals surface area contributed by atoms with Gasteiger partial charge in [0.15, 0.2) is 0 Å². The van der Waals surface area contributed by atoms with E-state index >= 15 is 0 Å². The summed E-state index contributed by atoms with van der Waals surface area (Å²) < 4.78 is 0. The number of benzene rings is 1. The van der Waals surface area contributed by atoms with E-state index < -0.39 is 0 Å². The van der Waals surface area contributed by atoms with Crippen LogP contribution in [0.25, 0.3) is 0 Å². The summed E-state index contributed by atoms with van der Waals surface area (Å²) in [7, 11) is 0. The molecule has 1 aromatic heterocycles. The van der Waals surface area contributed by atoms with Gasteiger partial charge in [0, 0.05) is 28.2 Å². The molecule has 2 aromatic rings. The number of anilines is 1. The Bertz CT molecular complexity index is 708. The molecular formula is C18H19ClN2OS. The molecule has 0 spiro atoms. The minimum absolute atomic E-state index is 0.0525. The van der Waals surface area contributed by atoms with Crippen LogP contribution in [0.4, 0.5) is 5.69 Å². The maximum absolute atomic E-state index is 12.4. The van der Waals surface area contributed by atoms with Gasteiger partial charge in [-0.25, -0.2) is 0 Å². The summed E-state index contributed by atoms with van der Waals surface area (Å²) in [5.74, 6) is 0.781. The van der Waals surface area contributed by atoms with Gasteiger partial charge in [0.05, 0.1) is 6.54 Å². The standard InChI is InChI=1S/C18H19ClN2OS/c19-13-3-5-14(6-4-13)20-17(22)11-21-9-7-16-15(8-10-23-16)18(21)12-1-2-12/h3-6,8,10,12,18H,1-2,7,9,11H2,(H,20,22)/t18-/m1/s1. The van der Waals surface area contributed by atoms with Crippen LogP contribution in [0, 0.1) is 5.92 Å². The van der Waals surface area contributed by atoms with E-state index in [9.17, 15) is 4.79 Å². The quantitative estimate of drug-likeness (QED) is 0.892. The Hall–Kier alpha value is -1.36. The van der Waals surface area contributed by atoms with Crippen molar-refractivity contribution in [1.29, 1.82) is 0 Å². The molecule has 5 heteroatoms. The summed E-state index contributed by atoms with van der Waals surface area (Å²) in [6.45, 7) is 1.43. The summed E-state index contributed by atoms with van der Waals surface area (Å²) in [5, 5.41) is 5.85. The molecule has 0 unspecified atom stereocenters. The largest absolute Gasteiger partial charge is 0.325 e. The SMILES string of the molecule is O=C(CN1CCc2sccc2[C@H]1C1CC1)Nc1ccc(Cl)cc1. The van der Waals surface area contributed by atoms with E-state index in [0.717, 1.165) is 24.6 Å². The Kier molecular flexibility index (Phi) is 4.14. The van der Waals surface area contributed by atoms with Gasteiger partial charge in [-0.3, -0.25) is 9.69 Å². The molecule has 120 valence electrons. The Morgan fingerprint density at radius 2 is 2.04 bits per heavy atom. The number of hydrogen-bond donors (Lipinski definition) is 1. The number of fused-ring (bicyclic) bond motifs is 1. The third-order valence-electron chi connectivity index (χ3n) is 4.66. The van der Waals surface area contributed by atoms with Gasteiger partial charge in [-0.2, -0.15) is 0 Å². The van der Waals surface area contributed by atoms with E-state index in [0.29, 0.717) is 17.6 Å². The topological polar surface area (TPSA) is 32.3 Å². The molecule has 0 radical (unpaired) electrons. The van der Waals surface area contributed by atoms with Crippen molar-refractivity contribution in [3.8, 4) is 0 Å². The number of thiophene rings is 1. The lowest BCUT2D eigenvalue weighted by molar-refractivity contribution is -0.118. The fourth-order valence-electron chi connectivity index (χ4n) is 3.46. The highest BCUT2D eigenvalue weighted by Gasteiger charge is 2.40. The highest BCUT2D eigenvalue weighted by molar-refractivity contribution is 7.10. The lowest BCUT2D eigenvalue weighted by Gasteiger charge is -2.35. The van der Waals surface area contributed by atoms with Gasteiger partial charge in [0.2, 0.25) is 5.91 Å². The van der Waals surface area contributed by atoms with E-state index in [2.05, 4.69) is 21.7 Å². The second-order valence-corrected chi connectivity index (χ2v) is 7.79. The number of carbonyl (C=O) groups excluding carboxylic acids is 1. The molecule has 0 bridgehead atoms. The molecule has 4 rings (SSSR count). The van der Waals surface area contributed by atoms with Crippen LogP contribution in [-0.2, 0) is 11.2 Å². The molecule has 1 aromatic carbocycles. The highest BCUT2D eigenvalue weighted by Crippen LogP contribution is 2.48. The predicted octanol–water partition coefficient (Wildman–Crippen LogP) is 4.35. The van der Waals surface area contributed by atoms with E-state index in [4.69, 9.17) is 11.6 Å². The molecule has 2 aliphatic rings. The van der Waals surface area contributed by atoms with Crippen molar-refractivity contribution in [1.82, 2.24) is 4.90 Å². The maximum atomic E-state index is 12.4. The number of amides is 1. The molecule has 1 atom stereocenters. The van der Waals surface area contributed by atoms with Gasteiger partial charge in [-0.15, -0.1) is 11.3 Å². The van der Waals surface area contributed by atoms with Gasteiger partial charge in [0.25, 0.3) is 0 Å². The zero-order valence-corrected chi connectivity index (χ0v) is 14.4. The van der Waals surface area contributed by atoms with Crippen molar-refractivity contribution in [3.63, 3.8) is 0 Å². The third-order valence-corrected chi connectivity index (χ3v) is 5.91. The van der Waals surface area contributed by atoms with Crippen molar-refractivity contribution in [2.24, 2.45) is 5.92 Å². The monoisotopic (exact) mass is 346 g/mol. The molecule has 1 aliphatic carbocycles. The molecule has 1 amide bonds. The Balaban J connectivity index is 1.45. The maximum Gasteiger partial charge on any atom is 0.238 e. The summed E-state index contributed by atoms with van der Waals surface area (Å²) in [6, 6.07) is 9.95. The fraction of sp³-hybridized carbons (Fsp3) is 0.389. The second kappa shape index (κ2) is 6.27. The van der Waals surface area contributed by atoms with Gasteiger partial charge in [0.1, 0.15) is 0 Å². The van der Waals surface area contributed by atoms with Crippen LogP contribution in [0.3, 0.4) is 0 Å². The highest BCUT2D eigenvalue weighted by atomic mass is 35.5. The average molecular weight is 347 g/mol. The average Bonchev–Trinajstić information content (AvgIpc) is 3.26. The minimum atomic E-state index is 0.0525. The normalized spacial score (nSPS) is 21.0. The molecule has 0 saturated heterocycles. The van der Waals surface area contributed by atoms with Crippen molar-refractivity contribution < 1.29 is 4.79 Å². The fourth-order valence-corrected chi connectivity index (χ4v) is 4.50. The van der Waals surface area contributed by atoms with Gasteiger partial charge in [-0.1, -0.05) is 11.6 Å². The minimum Gasteiger partial charge on any atom is -0.325 e. The van der Waals surface area contributed by atoms with Crippen LogP contribution in [0.15, 0.2) is 35.7 Å². The van der Waals surface area contributed by atoms with Gasteiger partial charge >= 0.3 is 0 Å². The lowest BCUT2D eigenvalue weighted by atomic mass is 9.96. The number of nitrogens with zero attached hydrogens (tertiary/aromatic N) is 1. The first-order chi connectivity index (χ1) is 11.2. The van der Waals surface area contributed by atoms with Gasteiger partial charge < -0.3 is 5.32 Å². The van der Waals surface area contributed by atoms with Crippen LogP contribution >= 0.6 is 22.9 Å². The van der Waals surface area contributed by atoms with Crippen molar-refractivity contribution in [2.45, 2.75) is 25.3 Å². The molecule has 2 heterocycles. The second-order valence-electron chi connectivity index (χ2n) is 6.36. The Morgan fingerprint density at radius 3 is 2.78 bits per heavy atom. The van der Waals surface area contributed by atoms with E-state index in [1.165, 1.54) is 23.3 Å². The molecule has 3 nitrogen and oxygen atoms in total. The first-order valence-electron chi connectivity index (χ1n) is 8.06. The summed E-state index contributed by atoms with van der Waals surface area (Å²) in [6.07, 6.45) is 3.63. The number of rotatable bonds is 4. The number of halogens is 1. The van der Waals surface area contributed by atoms with Crippen LogP contribution in [0.1, 0.15) is 29.3 Å². The van der Waals surface area contributed by atoms with E-state index in [1.54, 1.807) is 12.1 Å². The van der Waals surface area contributed by atoms with Gasteiger partial charge in [-0.05, 0) is 66.5 Å². The number of hydrogen-bond acceptors (Lipinski definition) is 3. The molecule has 23 heavy (non-hydrogen) atoms. The molecule has 1 N–H and O–H groups in total. The van der Waals surface area contributed by atoms with Crippen LogP contribution in [0.5, 0.6) is 0 Å². The summed E-state index contributed by atoms with van der Waals surface area (Å²) >= 11 is 7.74. The molecule has 1 fully saturated rings. The number of nitrogens with one attached hydrogen (secondary N) is 1. The lowest BCUT2D eigenvalue weighted by Crippen LogP contribution is -2.41. The molecule has 1 aliphatic heterocycles. The zero-order chi connectivity index (χ0) is 15.8. The van der Waals surface area contributed by atoms with Crippen molar-refractivity contribution >= 4 is 34.5 Å². The Labute approximate surface area is 145 Å². The van der Waals surface area contributed by atoms with Crippen LogP contribution in [0.2, 0.25) is 5.02 Å². The third kappa shape index (κ3) is 3.30. The van der Waals surface area contributed by atoms with Crippen molar-refractivity contribution in [3.05, 3.63) is 51.2 Å². The molecule has 1 saturated carbocycles. The smallest absolute Gasteiger partial charge is 0.238 e. The van der Waals surface area contributed by atoms with Crippen LogP contribution in [-0.4, -0.2) is 23.9 Å². The first-order valence-corrected chi connectivity index (χ1v) is 9.32. The summed E-state index contributed by atoms with van der Waals surface area (Å²) in [5.41, 5.74) is 2.26. The van der Waals surface area contributed by atoms with Crippen LogP contribution < -0.4 is 5.32 Å². The zero-order valence-electron chi connectivity index (χ0n) is 12.8. The van der Waals surface area contributed by atoms with E-state index in [1.807, 2.05) is 23.5 Å².